The van der Waals surface area contributed by atoms with Gasteiger partial charge in [0, 0.05) is 29.8 Å². The number of hydrogen-bond donors (Lipinski definition) is 2. The Bertz CT molecular complexity index is 1160. The number of para-hydroxylation sites is 1. The quantitative estimate of drug-likeness (QED) is 0.506. The Morgan fingerprint density at radius 2 is 1.63 bits per heavy atom. The molecular formula is C22H20N6O2. The minimum Gasteiger partial charge on any atom is -0.439 e. The number of carbonyl (C=O) groups is 1. The van der Waals surface area contributed by atoms with Gasteiger partial charge in [0.05, 0.1) is 0 Å². The van der Waals surface area contributed by atoms with Crippen molar-refractivity contribution in [3.8, 4) is 17.4 Å². The van der Waals surface area contributed by atoms with Gasteiger partial charge in [-0.25, -0.2) is 14.8 Å². The van der Waals surface area contributed by atoms with Crippen molar-refractivity contribution in [1.29, 1.82) is 0 Å². The highest BCUT2D eigenvalue weighted by molar-refractivity contribution is 5.99. The Labute approximate surface area is 173 Å². The van der Waals surface area contributed by atoms with Gasteiger partial charge in [-0.3, -0.25) is 4.57 Å². The molecule has 2 amide bonds. The van der Waals surface area contributed by atoms with Crippen molar-refractivity contribution in [3.63, 3.8) is 0 Å². The van der Waals surface area contributed by atoms with Crippen molar-refractivity contribution in [2.75, 3.05) is 10.6 Å². The van der Waals surface area contributed by atoms with Crippen LogP contribution in [0.15, 0.2) is 73.1 Å². The number of amides is 2. The maximum Gasteiger partial charge on any atom is 0.323 e. The molecule has 150 valence electrons. The van der Waals surface area contributed by atoms with Crippen LogP contribution in [0.2, 0.25) is 0 Å². The minimum atomic E-state index is -0.318. The normalized spacial score (nSPS) is 10.5. The molecule has 30 heavy (non-hydrogen) atoms. The Hall–Kier alpha value is -4.20. The van der Waals surface area contributed by atoms with E-state index in [9.17, 15) is 4.79 Å². The molecule has 2 aromatic carbocycles. The van der Waals surface area contributed by atoms with Crippen LogP contribution >= 0.6 is 0 Å². The largest absolute Gasteiger partial charge is 0.439 e. The smallest absolute Gasteiger partial charge is 0.323 e. The monoisotopic (exact) mass is 400 g/mol. The molecule has 4 rings (SSSR count). The lowest BCUT2D eigenvalue weighted by atomic mass is 10.3. The Morgan fingerprint density at radius 1 is 0.933 bits per heavy atom. The zero-order chi connectivity index (χ0) is 20.9. The van der Waals surface area contributed by atoms with E-state index in [0.717, 1.165) is 11.5 Å². The van der Waals surface area contributed by atoms with E-state index in [2.05, 4.69) is 25.6 Å². The van der Waals surface area contributed by atoms with Crippen LogP contribution in [0.25, 0.3) is 5.82 Å². The van der Waals surface area contributed by atoms with Crippen LogP contribution in [0.3, 0.4) is 0 Å². The summed E-state index contributed by atoms with van der Waals surface area (Å²) in [6.07, 6.45) is 3.55. The molecule has 0 fully saturated rings. The third kappa shape index (κ3) is 4.61. The number of nitrogens with zero attached hydrogens (tertiary/aromatic N) is 4. The number of hydrogen-bond acceptors (Lipinski definition) is 5. The first-order chi connectivity index (χ1) is 14.6. The Kier molecular flexibility index (Phi) is 5.38. The third-order valence-electron chi connectivity index (χ3n) is 4.24. The summed E-state index contributed by atoms with van der Waals surface area (Å²) in [6, 6.07) is 17.7. The number of aromatic nitrogens is 4. The molecule has 0 aliphatic rings. The highest BCUT2D eigenvalue weighted by Gasteiger charge is 2.09. The lowest BCUT2D eigenvalue weighted by Crippen LogP contribution is -2.19. The van der Waals surface area contributed by atoms with E-state index in [4.69, 9.17) is 4.74 Å². The van der Waals surface area contributed by atoms with Crippen LogP contribution in [0.5, 0.6) is 11.6 Å². The number of rotatable bonds is 5. The molecule has 0 bridgehead atoms. The summed E-state index contributed by atoms with van der Waals surface area (Å²) in [7, 11) is 0. The zero-order valence-corrected chi connectivity index (χ0v) is 16.5. The first kappa shape index (κ1) is 19.1. The zero-order valence-electron chi connectivity index (χ0n) is 16.5. The second-order valence-electron chi connectivity index (χ2n) is 6.53. The summed E-state index contributed by atoms with van der Waals surface area (Å²) in [5, 5.41) is 5.55. The summed E-state index contributed by atoms with van der Waals surface area (Å²) in [5.74, 6) is 3.11. The van der Waals surface area contributed by atoms with E-state index < -0.39 is 0 Å². The molecule has 0 saturated heterocycles. The number of anilines is 2. The number of carbonyl (C=O) groups excluding carboxylic acids is 1. The van der Waals surface area contributed by atoms with Crippen molar-refractivity contribution in [3.05, 3.63) is 84.7 Å². The van der Waals surface area contributed by atoms with Crippen molar-refractivity contribution in [2.24, 2.45) is 0 Å². The number of benzene rings is 2. The molecule has 4 aromatic rings. The van der Waals surface area contributed by atoms with Gasteiger partial charge in [0.15, 0.2) is 0 Å². The van der Waals surface area contributed by atoms with Gasteiger partial charge in [-0.05, 0) is 50.2 Å². The number of urea groups is 1. The van der Waals surface area contributed by atoms with E-state index in [-0.39, 0.29) is 6.03 Å². The molecule has 0 saturated carbocycles. The number of ether oxygens (including phenoxy) is 1. The first-order valence-electron chi connectivity index (χ1n) is 9.34. The van der Waals surface area contributed by atoms with E-state index in [1.807, 2.05) is 48.0 Å². The molecule has 2 N–H and O–H groups in total. The molecule has 0 aliphatic carbocycles. The predicted molar refractivity (Wildman–Crippen MR) is 114 cm³/mol. The van der Waals surface area contributed by atoms with Crippen LogP contribution < -0.4 is 15.4 Å². The summed E-state index contributed by atoms with van der Waals surface area (Å²) in [6.45, 7) is 3.71. The van der Waals surface area contributed by atoms with E-state index in [1.54, 1.807) is 43.5 Å². The molecule has 8 heteroatoms. The second-order valence-corrected chi connectivity index (χ2v) is 6.53. The average molecular weight is 400 g/mol. The van der Waals surface area contributed by atoms with Gasteiger partial charge in [0.2, 0.25) is 5.88 Å². The van der Waals surface area contributed by atoms with Crippen LogP contribution in [-0.4, -0.2) is 25.6 Å². The molecule has 0 spiro atoms. The number of imidazole rings is 1. The molecular weight excluding hydrogens is 380 g/mol. The summed E-state index contributed by atoms with van der Waals surface area (Å²) in [5.41, 5.74) is 1.36. The fraction of sp³-hybridized carbons (Fsp3) is 0.0909. The van der Waals surface area contributed by atoms with E-state index in [0.29, 0.717) is 29.0 Å². The molecule has 2 heterocycles. The van der Waals surface area contributed by atoms with Crippen molar-refractivity contribution in [2.45, 2.75) is 13.8 Å². The predicted octanol–water partition coefficient (Wildman–Crippen LogP) is 4.72. The summed E-state index contributed by atoms with van der Waals surface area (Å²) < 4.78 is 7.74. The second kappa shape index (κ2) is 8.44. The van der Waals surface area contributed by atoms with Gasteiger partial charge >= 0.3 is 6.03 Å². The molecule has 8 nitrogen and oxygen atoms in total. The standard InChI is InChI=1S/C22H20N6O2/c1-15-24-20(28-13-12-23-16(28)2)14-21(25-15)30-19-10-8-18(9-11-19)27-22(29)26-17-6-4-3-5-7-17/h3-14H,1-2H3,(H2,26,27,29). The molecule has 0 unspecified atom stereocenters. The topological polar surface area (TPSA) is 94.0 Å². The lowest BCUT2D eigenvalue weighted by Gasteiger charge is -2.10. The van der Waals surface area contributed by atoms with Gasteiger partial charge in [-0.2, -0.15) is 4.98 Å². The minimum absolute atomic E-state index is 0.318. The molecule has 0 aliphatic heterocycles. The van der Waals surface area contributed by atoms with Crippen LogP contribution in [0.1, 0.15) is 11.6 Å². The van der Waals surface area contributed by atoms with Gasteiger partial charge in [-0.1, -0.05) is 18.2 Å². The third-order valence-corrected chi connectivity index (χ3v) is 4.24. The van der Waals surface area contributed by atoms with Gasteiger partial charge in [0.1, 0.15) is 23.2 Å². The Morgan fingerprint density at radius 3 is 2.30 bits per heavy atom. The fourth-order valence-electron chi connectivity index (χ4n) is 2.86. The molecule has 0 atom stereocenters. The van der Waals surface area contributed by atoms with Crippen LogP contribution in [0, 0.1) is 13.8 Å². The molecule has 2 aromatic heterocycles. The van der Waals surface area contributed by atoms with Gasteiger partial charge < -0.3 is 15.4 Å². The van der Waals surface area contributed by atoms with Gasteiger partial charge in [0.25, 0.3) is 0 Å². The fourth-order valence-corrected chi connectivity index (χ4v) is 2.86. The highest BCUT2D eigenvalue weighted by atomic mass is 16.5. The summed E-state index contributed by atoms with van der Waals surface area (Å²) >= 11 is 0. The summed E-state index contributed by atoms with van der Waals surface area (Å²) in [4.78, 5) is 25.1. The highest BCUT2D eigenvalue weighted by Crippen LogP contribution is 2.23. The average Bonchev–Trinajstić information content (AvgIpc) is 3.16. The van der Waals surface area contributed by atoms with Crippen LogP contribution in [0.4, 0.5) is 16.2 Å². The van der Waals surface area contributed by atoms with Crippen molar-refractivity contribution in [1.82, 2.24) is 19.5 Å². The van der Waals surface area contributed by atoms with Crippen LogP contribution in [-0.2, 0) is 0 Å². The van der Waals surface area contributed by atoms with Crippen molar-refractivity contribution < 1.29 is 9.53 Å². The number of nitrogens with one attached hydrogen (secondary N) is 2. The number of aryl methyl sites for hydroxylation is 2. The molecule has 0 radical (unpaired) electrons. The van der Waals surface area contributed by atoms with E-state index >= 15 is 0 Å². The maximum absolute atomic E-state index is 12.1. The Balaban J connectivity index is 1.43. The van der Waals surface area contributed by atoms with Crippen molar-refractivity contribution >= 4 is 17.4 Å². The maximum atomic E-state index is 12.1. The first-order valence-corrected chi connectivity index (χ1v) is 9.34. The van der Waals surface area contributed by atoms with Gasteiger partial charge in [-0.15, -0.1) is 0 Å². The van der Waals surface area contributed by atoms with E-state index in [1.165, 1.54) is 0 Å². The SMILES string of the molecule is Cc1nc(Oc2ccc(NC(=O)Nc3ccccc3)cc2)cc(-n2ccnc2C)n1. The lowest BCUT2D eigenvalue weighted by molar-refractivity contribution is 0.262.